The van der Waals surface area contributed by atoms with E-state index in [2.05, 4.69) is 37.2 Å². The van der Waals surface area contributed by atoms with Crippen LogP contribution >= 0.6 is 31.9 Å². The van der Waals surface area contributed by atoms with E-state index in [1.807, 2.05) is 18.2 Å². The number of hydrogen-bond acceptors (Lipinski definition) is 3. The first-order valence-corrected chi connectivity index (χ1v) is 7.08. The van der Waals surface area contributed by atoms with Gasteiger partial charge in [0.15, 0.2) is 0 Å². The van der Waals surface area contributed by atoms with Crippen LogP contribution in [0.4, 0.5) is 11.4 Å². The minimum atomic E-state index is -0.389. The summed E-state index contributed by atoms with van der Waals surface area (Å²) < 4.78 is 1.93. The Hall–Kier alpha value is -1.40. The number of nitrogens with zero attached hydrogens (tertiary/aromatic N) is 1. The van der Waals surface area contributed by atoms with Gasteiger partial charge in [-0.1, -0.05) is 18.2 Å². The van der Waals surface area contributed by atoms with E-state index in [-0.39, 0.29) is 10.6 Å². The predicted molar refractivity (Wildman–Crippen MR) is 82.3 cm³/mol. The first-order chi connectivity index (χ1) is 9.08. The summed E-state index contributed by atoms with van der Waals surface area (Å²) in [5.74, 6) is 0. The predicted octanol–water partition coefficient (Wildman–Crippen LogP) is 4.73. The second kappa shape index (κ2) is 6.16. The molecule has 0 aliphatic rings. The van der Waals surface area contributed by atoms with Gasteiger partial charge in [-0.2, -0.15) is 0 Å². The molecule has 1 N–H and O–H groups in total. The number of rotatable bonds is 4. The lowest BCUT2D eigenvalue weighted by atomic mass is 10.2. The van der Waals surface area contributed by atoms with E-state index in [0.29, 0.717) is 12.2 Å². The fourth-order valence-electron chi connectivity index (χ4n) is 1.63. The molecular weight excluding hydrogens is 376 g/mol. The van der Waals surface area contributed by atoms with Crippen molar-refractivity contribution in [3.63, 3.8) is 0 Å². The molecule has 2 rings (SSSR count). The van der Waals surface area contributed by atoms with Crippen LogP contribution in [0, 0.1) is 10.1 Å². The van der Waals surface area contributed by atoms with E-state index in [1.165, 1.54) is 6.07 Å². The molecule has 0 atom stereocenters. The SMILES string of the molecule is O=[N+]([O-])c1ccccc1NCc1ccc(Br)c(Br)c1. The first-order valence-electron chi connectivity index (χ1n) is 5.49. The maximum absolute atomic E-state index is 10.9. The number of nitro groups is 1. The fourth-order valence-corrected chi connectivity index (χ4v) is 2.30. The summed E-state index contributed by atoms with van der Waals surface area (Å²) in [7, 11) is 0. The van der Waals surface area contributed by atoms with Crippen molar-refractivity contribution in [2.45, 2.75) is 6.54 Å². The molecule has 0 aromatic heterocycles. The highest BCUT2D eigenvalue weighted by Crippen LogP contribution is 2.26. The molecule has 0 fully saturated rings. The summed E-state index contributed by atoms with van der Waals surface area (Å²) in [5.41, 5.74) is 1.64. The Morgan fingerprint density at radius 1 is 1.11 bits per heavy atom. The normalized spacial score (nSPS) is 10.2. The van der Waals surface area contributed by atoms with Crippen molar-refractivity contribution in [3.05, 3.63) is 67.1 Å². The topological polar surface area (TPSA) is 55.2 Å². The lowest BCUT2D eigenvalue weighted by molar-refractivity contribution is -0.384. The maximum Gasteiger partial charge on any atom is 0.292 e. The maximum atomic E-state index is 10.9. The van der Waals surface area contributed by atoms with Gasteiger partial charge in [0.2, 0.25) is 0 Å². The number of para-hydroxylation sites is 2. The zero-order valence-electron chi connectivity index (χ0n) is 9.77. The molecule has 98 valence electrons. The van der Waals surface area contributed by atoms with E-state index in [1.54, 1.807) is 18.2 Å². The van der Waals surface area contributed by atoms with Gasteiger partial charge in [-0.05, 0) is 55.6 Å². The summed E-state index contributed by atoms with van der Waals surface area (Å²) >= 11 is 6.83. The molecule has 0 saturated heterocycles. The summed E-state index contributed by atoms with van der Waals surface area (Å²) in [6.07, 6.45) is 0. The van der Waals surface area contributed by atoms with Crippen LogP contribution in [0.1, 0.15) is 5.56 Å². The molecule has 19 heavy (non-hydrogen) atoms. The quantitative estimate of drug-likeness (QED) is 0.611. The Balaban J connectivity index is 2.14. The van der Waals surface area contributed by atoms with Crippen molar-refractivity contribution in [1.82, 2.24) is 0 Å². The van der Waals surface area contributed by atoms with Crippen LogP contribution < -0.4 is 5.32 Å². The van der Waals surface area contributed by atoms with Crippen molar-refractivity contribution in [1.29, 1.82) is 0 Å². The summed E-state index contributed by atoms with van der Waals surface area (Å²) in [5, 5.41) is 14.0. The lowest BCUT2D eigenvalue weighted by Gasteiger charge is -2.08. The zero-order valence-corrected chi connectivity index (χ0v) is 12.9. The molecule has 2 aromatic carbocycles. The molecule has 0 spiro atoms. The minimum Gasteiger partial charge on any atom is -0.375 e. The van der Waals surface area contributed by atoms with Gasteiger partial charge in [0.05, 0.1) is 4.92 Å². The molecule has 0 heterocycles. The number of benzene rings is 2. The van der Waals surface area contributed by atoms with Gasteiger partial charge in [-0.3, -0.25) is 10.1 Å². The number of hydrogen-bond donors (Lipinski definition) is 1. The van der Waals surface area contributed by atoms with Crippen molar-refractivity contribution in [2.75, 3.05) is 5.32 Å². The van der Waals surface area contributed by atoms with Gasteiger partial charge in [0.25, 0.3) is 5.69 Å². The van der Waals surface area contributed by atoms with E-state index in [9.17, 15) is 10.1 Å². The van der Waals surface area contributed by atoms with Crippen LogP contribution in [-0.2, 0) is 6.54 Å². The van der Waals surface area contributed by atoms with E-state index < -0.39 is 0 Å². The second-order valence-electron chi connectivity index (χ2n) is 3.88. The van der Waals surface area contributed by atoms with Crippen molar-refractivity contribution in [3.8, 4) is 0 Å². The van der Waals surface area contributed by atoms with Crippen molar-refractivity contribution < 1.29 is 4.92 Å². The van der Waals surface area contributed by atoms with Crippen molar-refractivity contribution >= 4 is 43.2 Å². The molecule has 0 unspecified atom stereocenters. The van der Waals surface area contributed by atoms with Crippen LogP contribution in [0.15, 0.2) is 51.4 Å². The molecule has 4 nitrogen and oxygen atoms in total. The Labute approximate surface area is 127 Å². The number of halogens is 2. The van der Waals surface area contributed by atoms with Gasteiger partial charge >= 0.3 is 0 Å². The highest BCUT2D eigenvalue weighted by molar-refractivity contribution is 9.13. The van der Waals surface area contributed by atoms with Gasteiger partial charge in [-0.25, -0.2) is 0 Å². The van der Waals surface area contributed by atoms with Crippen LogP contribution in [0.5, 0.6) is 0 Å². The molecule has 0 aliphatic carbocycles. The highest BCUT2D eigenvalue weighted by atomic mass is 79.9. The monoisotopic (exact) mass is 384 g/mol. The Morgan fingerprint density at radius 2 is 1.84 bits per heavy atom. The number of anilines is 1. The third-order valence-corrected chi connectivity index (χ3v) is 4.45. The lowest BCUT2D eigenvalue weighted by Crippen LogP contribution is -2.02. The zero-order chi connectivity index (χ0) is 13.8. The average Bonchev–Trinajstić information content (AvgIpc) is 2.40. The summed E-state index contributed by atoms with van der Waals surface area (Å²) in [4.78, 5) is 10.5. The Morgan fingerprint density at radius 3 is 2.53 bits per heavy atom. The fraction of sp³-hybridized carbons (Fsp3) is 0.0769. The Kier molecular flexibility index (Phi) is 4.55. The van der Waals surface area contributed by atoms with Gasteiger partial charge < -0.3 is 5.32 Å². The molecule has 2 aromatic rings. The smallest absolute Gasteiger partial charge is 0.292 e. The molecule has 0 bridgehead atoms. The largest absolute Gasteiger partial charge is 0.375 e. The van der Waals surface area contributed by atoms with Gasteiger partial charge in [-0.15, -0.1) is 0 Å². The highest BCUT2D eigenvalue weighted by Gasteiger charge is 2.11. The van der Waals surface area contributed by atoms with Gasteiger partial charge in [0.1, 0.15) is 5.69 Å². The number of nitro benzene ring substituents is 1. The average molecular weight is 386 g/mol. The molecule has 0 amide bonds. The van der Waals surface area contributed by atoms with Crippen LogP contribution in [0.3, 0.4) is 0 Å². The minimum absolute atomic E-state index is 0.0821. The van der Waals surface area contributed by atoms with E-state index in [0.717, 1.165) is 14.5 Å². The molecule has 0 saturated carbocycles. The second-order valence-corrected chi connectivity index (χ2v) is 5.58. The van der Waals surface area contributed by atoms with Gasteiger partial charge in [0, 0.05) is 21.6 Å². The van der Waals surface area contributed by atoms with Crippen LogP contribution in [0.2, 0.25) is 0 Å². The third-order valence-electron chi connectivity index (χ3n) is 2.57. The first kappa shape index (κ1) is 14.0. The summed E-state index contributed by atoms with van der Waals surface area (Å²) in [6, 6.07) is 12.5. The molecule has 0 radical (unpaired) electrons. The molecule has 6 heteroatoms. The Bertz CT molecular complexity index is 617. The van der Waals surface area contributed by atoms with E-state index >= 15 is 0 Å². The third kappa shape index (κ3) is 3.54. The van der Waals surface area contributed by atoms with Crippen LogP contribution in [-0.4, -0.2) is 4.92 Å². The molecular formula is C13H10Br2N2O2. The van der Waals surface area contributed by atoms with E-state index in [4.69, 9.17) is 0 Å². The summed E-state index contributed by atoms with van der Waals surface area (Å²) in [6.45, 7) is 0.525. The van der Waals surface area contributed by atoms with Crippen molar-refractivity contribution in [2.24, 2.45) is 0 Å². The molecule has 0 aliphatic heterocycles. The number of nitrogens with one attached hydrogen (secondary N) is 1. The van der Waals surface area contributed by atoms with Crippen LogP contribution in [0.25, 0.3) is 0 Å². The standard InChI is InChI=1S/C13H10Br2N2O2/c14-10-6-5-9(7-11(10)15)8-16-12-3-1-2-4-13(12)17(18)19/h1-7,16H,8H2.